The lowest BCUT2D eigenvalue weighted by molar-refractivity contribution is -0.148. The molecule has 21 heavy (non-hydrogen) atoms. The van der Waals surface area contributed by atoms with E-state index >= 15 is 0 Å². The SMILES string of the molecule is CCCN(CC(=O)OCC)C(=O)CSCc1ccc(Cl)s1. The first-order valence-electron chi connectivity index (χ1n) is 6.82. The summed E-state index contributed by atoms with van der Waals surface area (Å²) in [6.07, 6.45) is 0.816. The van der Waals surface area contributed by atoms with Gasteiger partial charge in [-0.3, -0.25) is 9.59 Å². The number of rotatable bonds is 9. The Morgan fingerprint density at radius 1 is 1.38 bits per heavy atom. The topological polar surface area (TPSA) is 46.6 Å². The van der Waals surface area contributed by atoms with Crippen molar-refractivity contribution in [1.29, 1.82) is 0 Å². The third-order valence-electron chi connectivity index (χ3n) is 2.57. The third-order valence-corrected chi connectivity index (χ3v) is 4.95. The van der Waals surface area contributed by atoms with Gasteiger partial charge >= 0.3 is 5.97 Å². The number of ether oxygens (including phenoxy) is 1. The second-order valence-corrected chi connectivity index (χ2v) is 7.10. The quantitative estimate of drug-likeness (QED) is 0.641. The van der Waals surface area contributed by atoms with Gasteiger partial charge in [-0.05, 0) is 25.5 Å². The van der Waals surface area contributed by atoms with Crippen LogP contribution in [0.25, 0.3) is 0 Å². The minimum atomic E-state index is -0.352. The van der Waals surface area contributed by atoms with Gasteiger partial charge in [-0.2, -0.15) is 0 Å². The maximum atomic E-state index is 12.1. The third kappa shape index (κ3) is 7.20. The summed E-state index contributed by atoms with van der Waals surface area (Å²) in [5.41, 5.74) is 0. The summed E-state index contributed by atoms with van der Waals surface area (Å²) >= 11 is 8.92. The summed E-state index contributed by atoms with van der Waals surface area (Å²) in [6, 6.07) is 3.82. The molecule has 0 aliphatic heterocycles. The highest BCUT2D eigenvalue weighted by Gasteiger charge is 2.17. The fourth-order valence-electron chi connectivity index (χ4n) is 1.68. The average molecular weight is 350 g/mol. The zero-order valence-corrected chi connectivity index (χ0v) is 14.7. The normalized spacial score (nSPS) is 10.4. The van der Waals surface area contributed by atoms with Crippen LogP contribution in [0.2, 0.25) is 4.34 Å². The predicted molar refractivity (Wildman–Crippen MR) is 89.0 cm³/mol. The van der Waals surface area contributed by atoms with Crippen molar-refractivity contribution in [3.05, 3.63) is 21.3 Å². The lowest BCUT2D eigenvalue weighted by Crippen LogP contribution is -2.38. The summed E-state index contributed by atoms with van der Waals surface area (Å²) in [5, 5.41) is 0. The van der Waals surface area contributed by atoms with Crippen molar-refractivity contribution in [2.45, 2.75) is 26.0 Å². The second-order valence-electron chi connectivity index (χ2n) is 4.32. The zero-order valence-electron chi connectivity index (χ0n) is 12.3. The van der Waals surface area contributed by atoms with E-state index in [1.54, 1.807) is 11.8 Å². The van der Waals surface area contributed by atoms with E-state index in [4.69, 9.17) is 16.3 Å². The van der Waals surface area contributed by atoms with E-state index in [1.165, 1.54) is 23.1 Å². The molecule has 0 saturated heterocycles. The average Bonchev–Trinajstić information content (AvgIpc) is 2.84. The Morgan fingerprint density at radius 2 is 2.14 bits per heavy atom. The minimum absolute atomic E-state index is 0.0300. The van der Waals surface area contributed by atoms with Crippen molar-refractivity contribution in [2.75, 3.05) is 25.4 Å². The van der Waals surface area contributed by atoms with Crippen molar-refractivity contribution in [2.24, 2.45) is 0 Å². The molecule has 1 amide bonds. The molecule has 0 aromatic carbocycles. The highest BCUT2D eigenvalue weighted by atomic mass is 35.5. The van der Waals surface area contributed by atoms with Crippen LogP contribution in [0.4, 0.5) is 0 Å². The monoisotopic (exact) mass is 349 g/mol. The van der Waals surface area contributed by atoms with E-state index in [-0.39, 0.29) is 18.4 Å². The molecule has 118 valence electrons. The van der Waals surface area contributed by atoms with Gasteiger partial charge in [0.15, 0.2) is 0 Å². The molecule has 0 saturated carbocycles. The van der Waals surface area contributed by atoms with Gasteiger partial charge in [-0.1, -0.05) is 18.5 Å². The Morgan fingerprint density at radius 3 is 2.71 bits per heavy atom. The molecule has 4 nitrogen and oxygen atoms in total. The number of amides is 1. The number of hydrogen-bond acceptors (Lipinski definition) is 5. The lowest BCUT2D eigenvalue weighted by atomic mass is 10.4. The van der Waals surface area contributed by atoms with Crippen LogP contribution in [-0.2, 0) is 20.1 Å². The maximum Gasteiger partial charge on any atom is 0.325 e. The summed E-state index contributed by atoms with van der Waals surface area (Å²) in [5.74, 6) is 0.726. The van der Waals surface area contributed by atoms with Crippen molar-refractivity contribution in [3.8, 4) is 0 Å². The van der Waals surface area contributed by atoms with E-state index in [2.05, 4.69) is 0 Å². The van der Waals surface area contributed by atoms with Gasteiger partial charge in [0.25, 0.3) is 0 Å². The number of hydrogen-bond donors (Lipinski definition) is 0. The number of halogens is 1. The van der Waals surface area contributed by atoms with Gasteiger partial charge in [0.1, 0.15) is 6.54 Å². The van der Waals surface area contributed by atoms with E-state index < -0.39 is 0 Å². The Hall–Kier alpha value is -0.720. The van der Waals surface area contributed by atoms with Crippen LogP contribution < -0.4 is 0 Å². The van der Waals surface area contributed by atoms with Gasteiger partial charge in [0, 0.05) is 17.2 Å². The van der Waals surface area contributed by atoms with E-state index in [0.717, 1.165) is 21.4 Å². The molecule has 1 aromatic rings. The molecule has 1 heterocycles. The highest BCUT2D eigenvalue weighted by Crippen LogP contribution is 2.25. The Labute approximate surface area is 138 Å². The largest absolute Gasteiger partial charge is 0.465 e. The molecule has 0 radical (unpaired) electrons. The molecule has 0 atom stereocenters. The van der Waals surface area contributed by atoms with E-state index in [1.807, 2.05) is 19.1 Å². The first kappa shape index (κ1) is 18.3. The highest BCUT2D eigenvalue weighted by molar-refractivity contribution is 7.99. The number of thioether (sulfide) groups is 1. The summed E-state index contributed by atoms with van der Waals surface area (Å²) in [4.78, 5) is 26.3. The smallest absolute Gasteiger partial charge is 0.325 e. The van der Waals surface area contributed by atoms with Crippen molar-refractivity contribution in [1.82, 2.24) is 4.90 Å². The summed E-state index contributed by atoms with van der Waals surface area (Å²) in [7, 11) is 0. The van der Waals surface area contributed by atoms with Crippen LogP contribution in [0.15, 0.2) is 12.1 Å². The first-order chi connectivity index (χ1) is 10.1. The van der Waals surface area contributed by atoms with Crippen LogP contribution in [0.5, 0.6) is 0 Å². The molecule has 0 unspecified atom stereocenters. The molecule has 0 aliphatic carbocycles. The fourth-order valence-corrected chi connectivity index (χ4v) is 3.81. The fraction of sp³-hybridized carbons (Fsp3) is 0.571. The number of nitrogens with zero attached hydrogens (tertiary/aromatic N) is 1. The molecule has 0 fully saturated rings. The van der Waals surface area contributed by atoms with Crippen LogP contribution in [0.3, 0.4) is 0 Å². The van der Waals surface area contributed by atoms with Gasteiger partial charge in [-0.25, -0.2) is 0 Å². The van der Waals surface area contributed by atoms with Gasteiger partial charge in [-0.15, -0.1) is 23.1 Å². The first-order valence-corrected chi connectivity index (χ1v) is 9.17. The van der Waals surface area contributed by atoms with E-state index in [0.29, 0.717) is 18.9 Å². The van der Waals surface area contributed by atoms with Crippen LogP contribution in [0, 0.1) is 0 Å². The van der Waals surface area contributed by atoms with Crippen molar-refractivity contribution in [3.63, 3.8) is 0 Å². The summed E-state index contributed by atoms with van der Waals surface area (Å²) in [6.45, 7) is 4.67. The zero-order chi connectivity index (χ0) is 15.7. The van der Waals surface area contributed by atoms with Crippen LogP contribution in [-0.4, -0.2) is 42.2 Å². The standard InChI is InChI=1S/C14H20ClNO3S2/c1-3-7-16(8-14(18)19-4-2)13(17)10-20-9-11-5-6-12(15)21-11/h5-6H,3-4,7-10H2,1-2H3. The van der Waals surface area contributed by atoms with Gasteiger partial charge in [0.2, 0.25) is 5.91 Å². The predicted octanol–water partition coefficient (Wildman–Crippen LogP) is 3.44. The van der Waals surface area contributed by atoms with Crippen LogP contribution >= 0.6 is 34.7 Å². The lowest BCUT2D eigenvalue weighted by Gasteiger charge is -2.20. The molecule has 1 aromatic heterocycles. The molecule has 0 aliphatic rings. The van der Waals surface area contributed by atoms with Crippen molar-refractivity contribution >= 4 is 46.6 Å². The van der Waals surface area contributed by atoms with Crippen molar-refractivity contribution < 1.29 is 14.3 Å². The Kier molecular flexibility index (Phi) is 8.80. The molecule has 0 N–H and O–H groups in total. The molecule has 7 heteroatoms. The summed E-state index contributed by atoms with van der Waals surface area (Å²) < 4.78 is 5.65. The van der Waals surface area contributed by atoms with Gasteiger partial charge in [0.05, 0.1) is 16.7 Å². The van der Waals surface area contributed by atoms with E-state index in [9.17, 15) is 9.59 Å². The molecular weight excluding hydrogens is 330 g/mol. The Balaban J connectivity index is 2.39. The number of thiophene rings is 1. The maximum absolute atomic E-state index is 12.1. The molecule has 1 rings (SSSR count). The molecular formula is C14H20ClNO3S2. The molecule has 0 spiro atoms. The molecule has 0 bridgehead atoms. The number of carbonyl (C=O) groups excluding carboxylic acids is 2. The Bertz CT molecular complexity index is 465. The number of carbonyl (C=O) groups is 2. The number of esters is 1. The van der Waals surface area contributed by atoms with Crippen LogP contribution in [0.1, 0.15) is 25.1 Å². The second kappa shape index (κ2) is 10.1. The van der Waals surface area contributed by atoms with Gasteiger partial charge < -0.3 is 9.64 Å². The minimum Gasteiger partial charge on any atom is -0.465 e.